The van der Waals surface area contributed by atoms with Crippen LogP contribution in [0.1, 0.15) is 11.1 Å². The van der Waals surface area contributed by atoms with Crippen molar-refractivity contribution in [1.29, 1.82) is 0 Å². The molecule has 1 fully saturated rings. The quantitative estimate of drug-likeness (QED) is 0.809. The van der Waals surface area contributed by atoms with Gasteiger partial charge in [0, 0.05) is 43.7 Å². The lowest BCUT2D eigenvalue weighted by Crippen LogP contribution is -2.43. The highest BCUT2D eigenvalue weighted by Crippen LogP contribution is 2.23. The SMILES string of the molecule is Cc1ccc2occ(CN3CCN(C)CC3)c2c1. The van der Waals surface area contributed by atoms with Crippen molar-refractivity contribution in [1.82, 2.24) is 9.80 Å². The monoisotopic (exact) mass is 244 g/mol. The molecule has 1 aliphatic heterocycles. The number of furan rings is 1. The summed E-state index contributed by atoms with van der Waals surface area (Å²) in [5.41, 5.74) is 3.62. The first-order valence-electron chi connectivity index (χ1n) is 6.60. The largest absolute Gasteiger partial charge is 0.464 e. The molecule has 0 bridgehead atoms. The molecule has 2 heterocycles. The zero-order valence-electron chi connectivity index (χ0n) is 11.1. The van der Waals surface area contributed by atoms with E-state index in [9.17, 15) is 0 Å². The summed E-state index contributed by atoms with van der Waals surface area (Å²) in [5.74, 6) is 0. The van der Waals surface area contributed by atoms with Crippen LogP contribution in [0.5, 0.6) is 0 Å². The van der Waals surface area contributed by atoms with Crippen molar-refractivity contribution >= 4 is 11.0 Å². The topological polar surface area (TPSA) is 19.6 Å². The molecular formula is C15H20N2O. The van der Waals surface area contributed by atoms with Gasteiger partial charge in [0.15, 0.2) is 0 Å². The minimum Gasteiger partial charge on any atom is -0.464 e. The van der Waals surface area contributed by atoms with E-state index in [1.807, 2.05) is 6.26 Å². The van der Waals surface area contributed by atoms with Gasteiger partial charge < -0.3 is 9.32 Å². The number of piperazine rings is 1. The molecule has 3 heteroatoms. The van der Waals surface area contributed by atoms with E-state index in [1.165, 1.54) is 16.5 Å². The molecule has 0 radical (unpaired) electrons. The maximum atomic E-state index is 5.63. The van der Waals surface area contributed by atoms with Crippen LogP contribution in [0.2, 0.25) is 0 Å². The second-order valence-corrected chi connectivity index (χ2v) is 5.34. The van der Waals surface area contributed by atoms with Gasteiger partial charge in [0.25, 0.3) is 0 Å². The van der Waals surface area contributed by atoms with Crippen LogP contribution in [0.4, 0.5) is 0 Å². The molecule has 0 spiro atoms. The van der Waals surface area contributed by atoms with E-state index < -0.39 is 0 Å². The van der Waals surface area contributed by atoms with Crippen molar-refractivity contribution in [3.8, 4) is 0 Å². The second kappa shape index (κ2) is 4.75. The number of benzene rings is 1. The normalized spacial score (nSPS) is 18.6. The Labute approximate surface area is 108 Å². The number of nitrogens with zero attached hydrogens (tertiary/aromatic N) is 2. The molecule has 2 aromatic rings. The molecule has 1 saturated heterocycles. The lowest BCUT2D eigenvalue weighted by molar-refractivity contribution is 0.148. The van der Waals surface area contributed by atoms with Crippen molar-refractivity contribution in [2.45, 2.75) is 13.5 Å². The fourth-order valence-electron chi connectivity index (χ4n) is 2.56. The highest BCUT2D eigenvalue weighted by molar-refractivity contribution is 5.81. The zero-order chi connectivity index (χ0) is 12.5. The van der Waals surface area contributed by atoms with Crippen LogP contribution >= 0.6 is 0 Å². The molecule has 0 unspecified atom stereocenters. The molecule has 18 heavy (non-hydrogen) atoms. The van der Waals surface area contributed by atoms with E-state index in [4.69, 9.17) is 4.42 Å². The van der Waals surface area contributed by atoms with E-state index in [-0.39, 0.29) is 0 Å². The molecule has 3 rings (SSSR count). The molecule has 0 N–H and O–H groups in total. The summed E-state index contributed by atoms with van der Waals surface area (Å²) in [6.07, 6.45) is 1.92. The first-order chi connectivity index (χ1) is 8.72. The molecule has 1 aliphatic rings. The molecule has 3 nitrogen and oxygen atoms in total. The third-order valence-electron chi connectivity index (χ3n) is 3.80. The maximum absolute atomic E-state index is 5.63. The smallest absolute Gasteiger partial charge is 0.134 e. The molecule has 1 aromatic heterocycles. The minimum absolute atomic E-state index is 1.00. The van der Waals surface area contributed by atoms with Crippen LogP contribution in [0.15, 0.2) is 28.9 Å². The van der Waals surface area contributed by atoms with Crippen molar-refractivity contribution in [3.63, 3.8) is 0 Å². The summed E-state index contributed by atoms with van der Waals surface area (Å²) < 4.78 is 5.63. The van der Waals surface area contributed by atoms with E-state index in [2.05, 4.69) is 42.0 Å². The van der Waals surface area contributed by atoms with Gasteiger partial charge in [-0.1, -0.05) is 11.6 Å². The summed E-state index contributed by atoms with van der Waals surface area (Å²) >= 11 is 0. The fraction of sp³-hybridized carbons (Fsp3) is 0.467. The predicted molar refractivity (Wildman–Crippen MR) is 73.7 cm³/mol. The summed E-state index contributed by atoms with van der Waals surface area (Å²) in [4.78, 5) is 4.89. The van der Waals surface area contributed by atoms with Crippen molar-refractivity contribution in [2.75, 3.05) is 33.2 Å². The number of likely N-dealkylation sites (N-methyl/N-ethyl adjacent to an activating group) is 1. The van der Waals surface area contributed by atoms with Gasteiger partial charge in [0.05, 0.1) is 6.26 Å². The van der Waals surface area contributed by atoms with Crippen LogP contribution in [-0.4, -0.2) is 43.0 Å². The van der Waals surface area contributed by atoms with Gasteiger partial charge >= 0.3 is 0 Å². The Morgan fingerprint density at radius 3 is 2.72 bits per heavy atom. The van der Waals surface area contributed by atoms with E-state index in [0.717, 1.165) is 38.3 Å². The number of hydrogen-bond donors (Lipinski definition) is 0. The summed E-state index contributed by atoms with van der Waals surface area (Å²) in [5, 5.41) is 1.27. The highest BCUT2D eigenvalue weighted by Gasteiger charge is 2.16. The second-order valence-electron chi connectivity index (χ2n) is 5.34. The van der Waals surface area contributed by atoms with Gasteiger partial charge in [-0.25, -0.2) is 0 Å². The van der Waals surface area contributed by atoms with Crippen LogP contribution in [0, 0.1) is 6.92 Å². The lowest BCUT2D eigenvalue weighted by atomic mass is 10.1. The molecular weight excluding hydrogens is 224 g/mol. The minimum atomic E-state index is 1.00. The summed E-state index contributed by atoms with van der Waals surface area (Å²) in [6, 6.07) is 6.40. The Bertz CT molecular complexity index is 538. The Morgan fingerprint density at radius 2 is 1.94 bits per heavy atom. The van der Waals surface area contributed by atoms with E-state index in [1.54, 1.807) is 0 Å². The summed E-state index contributed by atoms with van der Waals surface area (Å²) in [6.45, 7) is 7.75. The van der Waals surface area contributed by atoms with E-state index in [0.29, 0.717) is 0 Å². The van der Waals surface area contributed by atoms with Crippen LogP contribution in [-0.2, 0) is 6.54 Å². The Morgan fingerprint density at radius 1 is 1.17 bits per heavy atom. The maximum Gasteiger partial charge on any atom is 0.134 e. The van der Waals surface area contributed by atoms with Gasteiger partial charge in [-0.05, 0) is 26.1 Å². The first kappa shape index (κ1) is 11.8. The standard InChI is InChI=1S/C15H20N2O/c1-12-3-4-15-14(9-12)13(11-18-15)10-17-7-5-16(2)6-8-17/h3-4,9,11H,5-8,10H2,1-2H3. The fourth-order valence-corrected chi connectivity index (χ4v) is 2.56. The number of aryl methyl sites for hydroxylation is 1. The van der Waals surface area contributed by atoms with Gasteiger partial charge in [-0.2, -0.15) is 0 Å². The molecule has 0 saturated carbocycles. The summed E-state index contributed by atoms with van der Waals surface area (Å²) in [7, 11) is 2.19. The molecule has 1 aromatic carbocycles. The van der Waals surface area contributed by atoms with E-state index >= 15 is 0 Å². The van der Waals surface area contributed by atoms with Gasteiger partial charge in [0.2, 0.25) is 0 Å². The molecule has 0 atom stereocenters. The Hall–Kier alpha value is -1.32. The first-order valence-corrected chi connectivity index (χ1v) is 6.60. The van der Waals surface area contributed by atoms with Crippen LogP contribution < -0.4 is 0 Å². The van der Waals surface area contributed by atoms with Crippen molar-refractivity contribution in [3.05, 3.63) is 35.6 Å². The number of rotatable bonds is 2. The number of fused-ring (bicyclic) bond motifs is 1. The molecule has 0 amide bonds. The average molecular weight is 244 g/mol. The molecule has 0 aliphatic carbocycles. The zero-order valence-corrected chi connectivity index (χ0v) is 11.1. The number of hydrogen-bond acceptors (Lipinski definition) is 3. The predicted octanol–water partition coefficient (Wildman–Crippen LogP) is 2.49. The van der Waals surface area contributed by atoms with Gasteiger partial charge in [-0.3, -0.25) is 4.90 Å². The highest BCUT2D eigenvalue weighted by atomic mass is 16.3. The Balaban J connectivity index is 1.80. The molecule has 96 valence electrons. The third-order valence-corrected chi connectivity index (χ3v) is 3.80. The Kier molecular flexibility index (Phi) is 3.10. The lowest BCUT2D eigenvalue weighted by Gasteiger charge is -2.32. The van der Waals surface area contributed by atoms with Crippen molar-refractivity contribution in [2.24, 2.45) is 0 Å². The van der Waals surface area contributed by atoms with Gasteiger partial charge in [0.1, 0.15) is 5.58 Å². The van der Waals surface area contributed by atoms with Crippen molar-refractivity contribution < 1.29 is 4.42 Å². The van der Waals surface area contributed by atoms with Gasteiger partial charge in [-0.15, -0.1) is 0 Å². The average Bonchev–Trinajstić information content (AvgIpc) is 2.75. The third kappa shape index (κ3) is 2.28. The van der Waals surface area contributed by atoms with Crippen LogP contribution in [0.3, 0.4) is 0 Å². The van der Waals surface area contributed by atoms with Crippen LogP contribution in [0.25, 0.3) is 11.0 Å².